The van der Waals surface area contributed by atoms with Gasteiger partial charge < -0.3 is 9.13 Å². The number of rotatable bonds is 0. The van der Waals surface area contributed by atoms with Gasteiger partial charge in [-0.15, -0.1) is 0 Å². The summed E-state index contributed by atoms with van der Waals surface area (Å²) in [4.78, 5) is 0. The molecule has 0 amide bonds. The molecule has 0 unspecified atom stereocenters. The van der Waals surface area contributed by atoms with Gasteiger partial charge in [0.25, 0.3) is 0 Å². The van der Waals surface area contributed by atoms with Gasteiger partial charge in [-0.2, -0.15) is 0 Å². The lowest BCUT2D eigenvalue weighted by molar-refractivity contribution is 0.523. The normalized spacial score (nSPS) is 15.2. The van der Waals surface area contributed by atoms with Crippen LogP contribution in [0.15, 0.2) is 0 Å². The Bertz CT molecular complexity index is 369. The Morgan fingerprint density at radius 1 is 0.409 bits per heavy atom. The van der Waals surface area contributed by atoms with Gasteiger partial charge in [0.05, 0.1) is 14.3 Å². The van der Waals surface area contributed by atoms with Crippen LogP contribution in [0.2, 0.25) is 0 Å². The van der Waals surface area contributed by atoms with Crippen LogP contribution in [0.1, 0.15) is 83.1 Å². The molecule has 0 bridgehead atoms. The molecule has 0 saturated heterocycles. The predicted octanol–water partition coefficient (Wildman–Crippen LogP) is 7.15. The summed E-state index contributed by atoms with van der Waals surface area (Å²) in [5.74, 6) is 0. The zero-order valence-electron chi connectivity index (χ0n) is 17.7. The number of hydrogen-bond acceptors (Lipinski definition) is 2. The second-order valence-corrected chi connectivity index (χ2v) is 19.6. The predicted molar refractivity (Wildman–Crippen MR) is 106 cm³/mol. The Morgan fingerprint density at radius 3 is 0.500 bits per heavy atom. The van der Waals surface area contributed by atoms with Crippen molar-refractivity contribution < 1.29 is 9.13 Å². The van der Waals surface area contributed by atoms with Crippen molar-refractivity contribution in [3.63, 3.8) is 0 Å². The van der Waals surface area contributed by atoms with Crippen molar-refractivity contribution in [2.24, 2.45) is 0 Å². The summed E-state index contributed by atoms with van der Waals surface area (Å²) in [6.07, 6.45) is 0. The Balaban J connectivity index is 0. The first kappa shape index (κ1) is 24.7. The quantitative estimate of drug-likeness (QED) is 0.434. The molecule has 0 aliphatic carbocycles. The Morgan fingerprint density at radius 2 is 0.500 bits per heavy atom. The summed E-state index contributed by atoms with van der Waals surface area (Å²) < 4.78 is 24.5. The van der Waals surface area contributed by atoms with E-state index in [4.69, 9.17) is 0 Å². The lowest BCUT2D eigenvalue weighted by Crippen LogP contribution is -2.27. The summed E-state index contributed by atoms with van der Waals surface area (Å²) in [6, 6.07) is 0. The van der Waals surface area contributed by atoms with Crippen molar-refractivity contribution >= 4 is 14.3 Å². The highest BCUT2D eigenvalue weighted by atomic mass is 31.2. The molecule has 0 fully saturated rings. The maximum absolute atomic E-state index is 12.3. The van der Waals surface area contributed by atoms with Crippen LogP contribution in [0.3, 0.4) is 0 Å². The summed E-state index contributed by atoms with van der Waals surface area (Å²) in [7, 11) is -4.12. The van der Waals surface area contributed by atoms with Gasteiger partial charge in [-0.1, -0.05) is 83.1 Å². The van der Waals surface area contributed by atoms with Gasteiger partial charge in [-0.05, 0) is 13.3 Å². The van der Waals surface area contributed by atoms with Gasteiger partial charge in [0.2, 0.25) is 0 Å². The van der Waals surface area contributed by atoms with Gasteiger partial charge in [0.15, 0.2) is 0 Å². The van der Waals surface area contributed by atoms with E-state index in [0.717, 1.165) is 0 Å². The van der Waals surface area contributed by atoms with E-state index < -0.39 is 14.3 Å². The molecule has 0 N–H and O–H groups in total. The van der Waals surface area contributed by atoms with E-state index in [1.54, 1.807) is 0 Å². The lowest BCUT2D eigenvalue weighted by atomic mass is 10.2. The Labute approximate surface area is 141 Å². The van der Waals surface area contributed by atoms with Crippen LogP contribution in [-0.2, 0) is 9.13 Å². The molecule has 0 aliphatic heterocycles. The molecular formula is C18H42O2P2. The fourth-order valence-electron chi connectivity index (χ4n) is 2.01. The second-order valence-electron chi connectivity index (χ2n) is 10.5. The Kier molecular flexibility index (Phi) is 7.59. The fourth-order valence-corrected chi connectivity index (χ4v) is 6.04. The standard InChI is InChI=1S/2C9H21OP/c2*1-8(2,3)11(7,10)9(4,5)6/h2*1-7H3. The summed E-state index contributed by atoms with van der Waals surface area (Å²) in [5.41, 5.74) is 0. The molecular weight excluding hydrogens is 310 g/mol. The first-order chi connectivity index (χ1) is 9.00. The first-order valence-corrected chi connectivity index (χ1v) is 12.5. The SMILES string of the molecule is CC(C)(C)P(C)(=O)C(C)(C)C.CC(C)(C)P(C)(=O)C(C)(C)C. The van der Waals surface area contributed by atoms with E-state index >= 15 is 0 Å². The molecule has 0 aromatic rings. The fraction of sp³-hybridized carbons (Fsp3) is 1.00. The van der Waals surface area contributed by atoms with E-state index in [2.05, 4.69) is 83.1 Å². The van der Waals surface area contributed by atoms with Gasteiger partial charge in [0.1, 0.15) is 0 Å². The summed E-state index contributed by atoms with van der Waals surface area (Å²) in [6.45, 7) is 28.5. The summed E-state index contributed by atoms with van der Waals surface area (Å²) >= 11 is 0. The van der Waals surface area contributed by atoms with Crippen LogP contribution >= 0.6 is 14.3 Å². The van der Waals surface area contributed by atoms with Crippen LogP contribution < -0.4 is 0 Å². The Hall–Kier alpha value is 0.460. The van der Waals surface area contributed by atoms with Crippen LogP contribution in [0.25, 0.3) is 0 Å². The zero-order valence-corrected chi connectivity index (χ0v) is 19.5. The minimum Gasteiger partial charge on any atom is -0.323 e. The highest BCUT2D eigenvalue weighted by Gasteiger charge is 2.42. The van der Waals surface area contributed by atoms with E-state index in [1.165, 1.54) is 0 Å². The van der Waals surface area contributed by atoms with Crippen LogP contribution in [0.5, 0.6) is 0 Å². The van der Waals surface area contributed by atoms with Crippen molar-refractivity contribution in [1.82, 2.24) is 0 Å². The van der Waals surface area contributed by atoms with Crippen molar-refractivity contribution in [3.05, 3.63) is 0 Å². The number of hydrogen-bond donors (Lipinski definition) is 0. The van der Waals surface area contributed by atoms with Gasteiger partial charge in [-0.25, -0.2) is 0 Å². The molecule has 0 heterocycles. The van der Waals surface area contributed by atoms with Crippen molar-refractivity contribution in [3.8, 4) is 0 Å². The monoisotopic (exact) mass is 352 g/mol. The summed E-state index contributed by atoms with van der Waals surface area (Å²) in [5, 5.41) is -0.257. The van der Waals surface area contributed by atoms with Crippen LogP contribution in [0, 0.1) is 0 Å². The molecule has 4 heteroatoms. The van der Waals surface area contributed by atoms with E-state index in [-0.39, 0.29) is 20.6 Å². The van der Waals surface area contributed by atoms with E-state index in [9.17, 15) is 9.13 Å². The maximum atomic E-state index is 12.3. The highest BCUT2D eigenvalue weighted by Crippen LogP contribution is 2.64. The van der Waals surface area contributed by atoms with Crippen molar-refractivity contribution in [2.75, 3.05) is 13.3 Å². The van der Waals surface area contributed by atoms with Gasteiger partial charge >= 0.3 is 0 Å². The van der Waals surface area contributed by atoms with Crippen molar-refractivity contribution in [1.29, 1.82) is 0 Å². The molecule has 0 aromatic heterocycles. The largest absolute Gasteiger partial charge is 0.323 e. The molecule has 136 valence electrons. The molecule has 0 saturated carbocycles. The maximum Gasteiger partial charge on any atom is 0.0948 e. The molecule has 2 nitrogen and oxygen atoms in total. The third-order valence-corrected chi connectivity index (χ3v) is 15.4. The smallest absolute Gasteiger partial charge is 0.0948 e. The van der Waals surface area contributed by atoms with Gasteiger partial charge in [-0.3, -0.25) is 0 Å². The molecule has 0 rings (SSSR count). The third-order valence-electron chi connectivity index (χ3n) is 5.12. The topological polar surface area (TPSA) is 34.1 Å². The molecule has 0 radical (unpaired) electrons. The first-order valence-electron chi connectivity index (χ1n) is 8.15. The lowest BCUT2D eigenvalue weighted by Gasteiger charge is -2.38. The van der Waals surface area contributed by atoms with Crippen LogP contribution in [-0.4, -0.2) is 34.0 Å². The molecule has 0 aliphatic rings. The van der Waals surface area contributed by atoms with E-state index in [0.29, 0.717) is 0 Å². The second kappa shape index (κ2) is 6.76. The molecule has 0 aromatic carbocycles. The average Bonchev–Trinajstić information content (AvgIpc) is 2.10. The third kappa shape index (κ3) is 5.83. The molecule has 0 spiro atoms. The van der Waals surface area contributed by atoms with Crippen LogP contribution in [0.4, 0.5) is 0 Å². The van der Waals surface area contributed by atoms with Crippen molar-refractivity contribution in [2.45, 2.75) is 104 Å². The minimum atomic E-state index is -2.06. The minimum absolute atomic E-state index is 0.0642. The van der Waals surface area contributed by atoms with E-state index in [1.807, 2.05) is 13.3 Å². The zero-order chi connectivity index (χ0) is 19.0. The highest BCUT2D eigenvalue weighted by molar-refractivity contribution is 7.66. The van der Waals surface area contributed by atoms with Gasteiger partial charge in [0, 0.05) is 20.6 Å². The molecule has 0 atom stereocenters. The molecule has 22 heavy (non-hydrogen) atoms. The average molecular weight is 352 g/mol.